The monoisotopic (exact) mass is 399 g/mol. The molecule has 1 spiro atoms. The van der Waals surface area contributed by atoms with Crippen LogP contribution in [0.1, 0.15) is 42.5 Å². The molecule has 0 bridgehead atoms. The number of hydrogen-bond acceptors (Lipinski definition) is 5. The number of ether oxygens (including phenoxy) is 2. The number of carbonyl (C=O) groups excluding carboxylic acids is 3. The first-order valence-corrected chi connectivity index (χ1v) is 9.15. The Hall–Kier alpha value is -1.79. The number of Topliss-reactive ketones (excluding diaryl/α,β-unsaturated/α-hetero) is 1. The van der Waals surface area contributed by atoms with E-state index in [1.165, 1.54) is 7.11 Å². The molecule has 2 heterocycles. The van der Waals surface area contributed by atoms with Crippen LogP contribution < -0.4 is 4.74 Å². The Labute approximate surface area is 161 Å². The van der Waals surface area contributed by atoms with Gasteiger partial charge in [-0.2, -0.15) is 0 Å². The Morgan fingerprint density at radius 1 is 1.23 bits per heavy atom. The molecule has 0 aliphatic carbocycles. The van der Waals surface area contributed by atoms with E-state index in [-0.39, 0.29) is 31.0 Å². The van der Waals surface area contributed by atoms with Crippen molar-refractivity contribution in [2.45, 2.75) is 37.7 Å². The molecule has 140 valence electrons. The van der Waals surface area contributed by atoms with Crippen LogP contribution >= 0.6 is 23.2 Å². The van der Waals surface area contributed by atoms with E-state index < -0.39 is 11.6 Å². The summed E-state index contributed by atoms with van der Waals surface area (Å²) in [6, 6.07) is 3.13. The van der Waals surface area contributed by atoms with Crippen LogP contribution in [0.3, 0.4) is 0 Å². The van der Waals surface area contributed by atoms with Gasteiger partial charge < -0.3 is 14.4 Å². The summed E-state index contributed by atoms with van der Waals surface area (Å²) in [7, 11) is 1.30. The molecule has 1 amide bonds. The van der Waals surface area contributed by atoms with Gasteiger partial charge in [-0.05, 0) is 12.1 Å². The molecule has 1 aromatic carbocycles. The minimum atomic E-state index is -0.652. The maximum atomic E-state index is 12.6. The fraction of sp³-hybridized carbons (Fsp3) is 0.500. The van der Waals surface area contributed by atoms with Crippen LogP contribution in [0.25, 0.3) is 0 Å². The highest BCUT2D eigenvalue weighted by molar-refractivity contribution is 6.36. The van der Waals surface area contributed by atoms with Gasteiger partial charge in [0.15, 0.2) is 5.78 Å². The standard InChI is InChI=1S/C18H19Cl2NO5/c1-25-16(24)3-2-15(23)21-6-4-18(5-7-21)10-14(22)12-8-11(19)9-13(20)17(12)26-18/h8-9H,2-7,10H2,1H3. The predicted octanol–water partition coefficient (Wildman–Crippen LogP) is 3.27. The van der Waals surface area contributed by atoms with Crippen LogP contribution in [-0.2, 0) is 14.3 Å². The molecule has 0 N–H and O–H groups in total. The van der Waals surface area contributed by atoms with E-state index >= 15 is 0 Å². The summed E-state index contributed by atoms with van der Waals surface area (Å²) in [6.45, 7) is 0.932. The van der Waals surface area contributed by atoms with Crippen molar-refractivity contribution in [2.24, 2.45) is 0 Å². The summed E-state index contributed by atoms with van der Waals surface area (Å²) in [5, 5.41) is 0.712. The molecule has 2 aliphatic rings. The number of piperidine rings is 1. The summed E-state index contributed by atoms with van der Waals surface area (Å²) in [5.74, 6) is -0.186. The lowest BCUT2D eigenvalue weighted by molar-refractivity contribution is -0.144. The van der Waals surface area contributed by atoms with Crippen molar-refractivity contribution < 1.29 is 23.9 Å². The van der Waals surface area contributed by atoms with E-state index in [9.17, 15) is 14.4 Å². The zero-order valence-electron chi connectivity index (χ0n) is 14.3. The van der Waals surface area contributed by atoms with Crippen LogP contribution in [0.5, 0.6) is 5.75 Å². The van der Waals surface area contributed by atoms with E-state index in [4.69, 9.17) is 27.9 Å². The van der Waals surface area contributed by atoms with Gasteiger partial charge >= 0.3 is 5.97 Å². The molecule has 6 nitrogen and oxygen atoms in total. The fourth-order valence-electron chi connectivity index (χ4n) is 3.42. The zero-order chi connectivity index (χ0) is 18.9. The molecule has 1 fully saturated rings. The van der Waals surface area contributed by atoms with Gasteiger partial charge in [-0.15, -0.1) is 0 Å². The molecule has 1 saturated heterocycles. The first-order chi connectivity index (χ1) is 12.3. The number of amides is 1. The fourth-order valence-corrected chi connectivity index (χ4v) is 3.96. The highest BCUT2D eigenvalue weighted by Gasteiger charge is 2.44. The van der Waals surface area contributed by atoms with Gasteiger partial charge in [0, 0.05) is 37.4 Å². The lowest BCUT2D eigenvalue weighted by Crippen LogP contribution is -2.52. The van der Waals surface area contributed by atoms with E-state index in [0.29, 0.717) is 47.3 Å². The average molecular weight is 400 g/mol. The number of esters is 1. The number of methoxy groups -OCH3 is 1. The topological polar surface area (TPSA) is 72.9 Å². The number of benzene rings is 1. The summed E-state index contributed by atoms with van der Waals surface area (Å²) >= 11 is 12.2. The van der Waals surface area contributed by atoms with Crippen molar-refractivity contribution in [2.75, 3.05) is 20.2 Å². The number of ketones is 1. The van der Waals surface area contributed by atoms with E-state index in [0.717, 1.165) is 0 Å². The lowest BCUT2D eigenvalue weighted by Gasteiger charge is -2.44. The third-order valence-corrected chi connectivity index (χ3v) is 5.41. The van der Waals surface area contributed by atoms with Crippen molar-refractivity contribution in [1.82, 2.24) is 4.90 Å². The Balaban J connectivity index is 1.66. The molecular weight excluding hydrogens is 381 g/mol. The molecular formula is C18H19Cl2NO5. The Bertz CT molecular complexity index is 756. The van der Waals surface area contributed by atoms with Crippen molar-refractivity contribution in [3.63, 3.8) is 0 Å². The summed E-state index contributed by atoms with van der Waals surface area (Å²) in [4.78, 5) is 37.7. The molecule has 0 aromatic heterocycles. The third kappa shape index (κ3) is 3.81. The Morgan fingerprint density at radius 3 is 2.58 bits per heavy atom. The number of halogens is 2. The molecule has 2 aliphatic heterocycles. The van der Waals surface area contributed by atoms with Crippen LogP contribution in [0, 0.1) is 0 Å². The smallest absolute Gasteiger partial charge is 0.306 e. The molecule has 3 rings (SSSR count). The second-order valence-corrected chi connectivity index (χ2v) is 7.45. The SMILES string of the molecule is COC(=O)CCC(=O)N1CCC2(CC1)CC(=O)c1cc(Cl)cc(Cl)c1O2. The number of hydrogen-bond donors (Lipinski definition) is 0. The molecule has 0 radical (unpaired) electrons. The Morgan fingerprint density at radius 2 is 1.92 bits per heavy atom. The molecule has 0 atom stereocenters. The number of likely N-dealkylation sites (tertiary alicyclic amines) is 1. The highest BCUT2D eigenvalue weighted by atomic mass is 35.5. The van der Waals surface area contributed by atoms with Crippen LogP contribution in [-0.4, -0.2) is 48.4 Å². The summed E-state index contributed by atoms with van der Waals surface area (Å²) in [5.41, 5.74) is -0.245. The predicted molar refractivity (Wildman–Crippen MR) is 95.8 cm³/mol. The normalized spacial score (nSPS) is 18.3. The van der Waals surface area contributed by atoms with Crippen LogP contribution in [0.2, 0.25) is 10.0 Å². The second kappa shape index (κ2) is 7.45. The third-order valence-electron chi connectivity index (χ3n) is 4.91. The molecule has 1 aromatic rings. The average Bonchev–Trinajstić information content (AvgIpc) is 2.61. The van der Waals surface area contributed by atoms with Gasteiger partial charge in [-0.1, -0.05) is 23.2 Å². The minimum Gasteiger partial charge on any atom is -0.484 e. The number of rotatable bonds is 3. The zero-order valence-corrected chi connectivity index (χ0v) is 15.9. The minimum absolute atomic E-state index is 0.0545. The van der Waals surface area contributed by atoms with Crippen molar-refractivity contribution >= 4 is 40.9 Å². The van der Waals surface area contributed by atoms with Gasteiger partial charge in [0.1, 0.15) is 11.4 Å². The lowest BCUT2D eigenvalue weighted by atomic mass is 9.82. The van der Waals surface area contributed by atoms with Gasteiger partial charge in [-0.25, -0.2) is 0 Å². The van der Waals surface area contributed by atoms with Crippen LogP contribution in [0.15, 0.2) is 12.1 Å². The molecule has 0 saturated carbocycles. The van der Waals surface area contributed by atoms with Crippen molar-refractivity contribution in [1.29, 1.82) is 0 Å². The maximum Gasteiger partial charge on any atom is 0.306 e. The number of nitrogens with zero attached hydrogens (tertiary/aromatic N) is 1. The van der Waals surface area contributed by atoms with E-state index in [1.54, 1.807) is 17.0 Å². The largest absolute Gasteiger partial charge is 0.484 e. The summed E-state index contributed by atoms with van der Waals surface area (Å²) < 4.78 is 10.7. The van der Waals surface area contributed by atoms with Crippen molar-refractivity contribution in [3.05, 3.63) is 27.7 Å². The van der Waals surface area contributed by atoms with Crippen molar-refractivity contribution in [3.8, 4) is 5.75 Å². The van der Waals surface area contributed by atoms with Gasteiger partial charge in [-0.3, -0.25) is 14.4 Å². The summed E-state index contributed by atoms with van der Waals surface area (Å²) in [6.07, 6.45) is 1.48. The molecule has 8 heteroatoms. The highest BCUT2D eigenvalue weighted by Crippen LogP contribution is 2.44. The van der Waals surface area contributed by atoms with Gasteiger partial charge in [0.05, 0.1) is 30.5 Å². The quantitative estimate of drug-likeness (QED) is 0.729. The molecule has 26 heavy (non-hydrogen) atoms. The van der Waals surface area contributed by atoms with Crippen LogP contribution in [0.4, 0.5) is 0 Å². The van der Waals surface area contributed by atoms with Gasteiger partial charge in [0.2, 0.25) is 5.91 Å². The number of carbonyl (C=O) groups is 3. The maximum absolute atomic E-state index is 12.6. The van der Waals surface area contributed by atoms with E-state index in [1.807, 2.05) is 0 Å². The number of fused-ring (bicyclic) bond motifs is 1. The first kappa shape index (κ1) is 19.0. The molecule has 0 unspecified atom stereocenters. The second-order valence-electron chi connectivity index (χ2n) is 6.61. The first-order valence-electron chi connectivity index (χ1n) is 8.39. The van der Waals surface area contributed by atoms with Gasteiger partial charge in [0.25, 0.3) is 0 Å². The Kier molecular flexibility index (Phi) is 5.44. The van der Waals surface area contributed by atoms with E-state index in [2.05, 4.69) is 4.74 Å².